The molecule has 0 bridgehead atoms. The van der Waals surface area contributed by atoms with Crippen molar-refractivity contribution in [3.8, 4) is 11.5 Å². The second-order valence-corrected chi connectivity index (χ2v) is 9.34. The normalized spacial score (nSPS) is 11.1. The zero-order valence-corrected chi connectivity index (χ0v) is 20.6. The summed E-state index contributed by atoms with van der Waals surface area (Å²) in [5, 5.41) is 9.15. The monoisotopic (exact) mass is 455 g/mol. The van der Waals surface area contributed by atoms with Crippen molar-refractivity contribution in [2.24, 2.45) is 5.92 Å². The fourth-order valence-electron chi connectivity index (χ4n) is 3.02. The molecule has 0 saturated heterocycles. The number of ether oxygens (including phenoxy) is 2. The van der Waals surface area contributed by atoms with Crippen molar-refractivity contribution in [1.82, 2.24) is 10.6 Å². The van der Waals surface area contributed by atoms with E-state index >= 15 is 0 Å². The second-order valence-electron chi connectivity index (χ2n) is 9.34. The summed E-state index contributed by atoms with van der Waals surface area (Å²) in [6.07, 6.45) is 0. The molecule has 0 atom stereocenters. The van der Waals surface area contributed by atoms with Crippen molar-refractivity contribution in [2.45, 2.75) is 53.6 Å². The zero-order chi connectivity index (χ0) is 24.4. The molecular weight excluding hydrogens is 418 g/mol. The van der Waals surface area contributed by atoms with Crippen LogP contribution < -0.4 is 25.4 Å². The van der Waals surface area contributed by atoms with Crippen LogP contribution in [0.2, 0.25) is 0 Å². The van der Waals surface area contributed by atoms with Crippen LogP contribution in [0.15, 0.2) is 42.5 Å². The Hall–Kier alpha value is -3.22. The van der Waals surface area contributed by atoms with Crippen LogP contribution in [0.4, 0.5) is 5.69 Å². The van der Waals surface area contributed by atoms with Gasteiger partial charge in [0.25, 0.3) is 11.8 Å². The fourth-order valence-corrected chi connectivity index (χ4v) is 3.02. The third-order valence-corrected chi connectivity index (χ3v) is 4.47. The molecule has 0 heterocycles. The number of carbonyl (C=O) groups excluding carboxylic acids is 2. The molecule has 0 radical (unpaired) electrons. The molecule has 0 fully saturated rings. The van der Waals surface area contributed by atoms with E-state index in [1.54, 1.807) is 6.07 Å². The number of nitrogens with one attached hydrogen (secondary N) is 3. The molecule has 0 saturated carbocycles. The van der Waals surface area contributed by atoms with Crippen LogP contribution in [-0.2, 0) is 11.3 Å². The van der Waals surface area contributed by atoms with Gasteiger partial charge in [-0.05, 0) is 69.5 Å². The first-order valence-electron chi connectivity index (χ1n) is 11.4. The first kappa shape index (κ1) is 26.0. The number of hydrogen-bond acceptors (Lipinski definition) is 5. The number of anilines is 1. The number of benzene rings is 2. The lowest BCUT2D eigenvalue weighted by molar-refractivity contribution is -0.124. The van der Waals surface area contributed by atoms with Crippen LogP contribution >= 0.6 is 0 Å². The van der Waals surface area contributed by atoms with Gasteiger partial charge in [-0.3, -0.25) is 9.59 Å². The predicted molar refractivity (Wildman–Crippen MR) is 132 cm³/mol. The number of carbonyl (C=O) groups is 2. The molecule has 0 spiro atoms. The van der Waals surface area contributed by atoms with E-state index in [1.165, 1.54) is 0 Å². The molecule has 7 nitrogen and oxygen atoms in total. The Morgan fingerprint density at radius 1 is 1.00 bits per heavy atom. The molecule has 0 aliphatic rings. The number of hydrogen-bond donors (Lipinski definition) is 3. The van der Waals surface area contributed by atoms with Gasteiger partial charge in [0.2, 0.25) is 0 Å². The molecule has 7 heteroatoms. The lowest BCUT2D eigenvalue weighted by Crippen LogP contribution is -2.43. The summed E-state index contributed by atoms with van der Waals surface area (Å²) < 4.78 is 11.4. The maximum atomic E-state index is 12.3. The van der Waals surface area contributed by atoms with Crippen molar-refractivity contribution >= 4 is 17.5 Å². The van der Waals surface area contributed by atoms with Crippen LogP contribution in [0.25, 0.3) is 0 Å². The van der Waals surface area contributed by atoms with Gasteiger partial charge in [0.15, 0.2) is 18.1 Å². The van der Waals surface area contributed by atoms with Gasteiger partial charge < -0.3 is 25.4 Å². The van der Waals surface area contributed by atoms with Gasteiger partial charge in [-0.25, -0.2) is 0 Å². The molecule has 2 rings (SSSR count). The van der Waals surface area contributed by atoms with Crippen molar-refractivity contribution < 1.29 is 19.1 Å². The van der Waals surface area contributed by atoms with E-state index in [-0.39, 0.29) is 24.0 Å². The molecular formula is C26H37N3O4. The van der Waals surface area contributed by atoms with Gasteiger partial charge >= 0.3 is 0 Å². The molecule has 0 aliphatic heterocycles. The van der Waals surface area contributed by atoms with E-state index in [2.05, 4.69) is 29.8 Å². The van der Waals surface area contributed by atoms with Gasteiger partial charge in [-0.2, -0.15) is 0 Å². The molecule has 180 valence electrons. The van der Waals surface area contributed by atoms with Gasteiger partial charge in [-0.1, -0.05) is 26.0 Å². The minimum absolute atomic E-state index is 0.0806. The molecule has 33 heavy (non-hydrogen) atoms. The van der Waals surface area contributed by atoms with Crippen LogP contribution in [0.5, 0.6) is 11.5 Å². The Morgan fingerprint density at radius 2 is 1.76 bits per heavy atom. The molecule has 0 aromatic heterocycles. The third-order valence-electron chi connectivity index (χ3n) is 4.47. The molecule has 0 unspecified atom stereocenters. The first-order chi connectivity index (χ1) is 15.6. The smallest absolute Gasteiger partial charge is 0.258 e. The van der Waals surface area contributed by atoms with Crippen molar-refractivity contribution in [1.29, 1.82) is 0 Å². The summed E-state index contributed by atoms with van der Waals surface area (Å²) in [6, 6.07) is 13.0. The Kier molecular flexibility index (Phi) is 9.57. The third kappa shape index (κ3) is 9.43. The number of amides is 2. The standard InChI is InChI=1S/C26H37N3O4/c1-7-32-23-13-19(11-12-22(23)33-17-24(30)29-26(4,5)6)16-27-21-10-8-9-20(14-21)25(31)28-15-18(2)3/h8-14,18,27H,7,15-17H2,1-6H3,(H,28,31)(H,29,30). The minimum Gasteiger partial charge on any atom is -0.490 e. The average Bonchev–Trinajstić information content (AvgIpc) is 2.74. The molecule has 0 aliphatic carbocycles. The van der Waals surface area contributed by atoms with Crippen LogP contribution in [-0.4, -0.2) is 37.1 Å². The maximum Gasteiger partial charge on any atom is 0.258 e. The van der Waals surface area contributed by atoms with E-state index in [0.29, 0.717) is 42.7 Å². The highest BCUT2D eigenvalue weighted by Gasteiger charge is 2.15. The largest absolute Gasteiger partial charge is 0.490 e. The highest BCUT2D eigenvalue weighted by atomic mass is 16.5. The van der Waals surface area contributed by atoms with Crippen molar-refractivity contribution in [2.75, 3.05) is 25.1 Å². The Labute approximate surface area is 197 Å². The van der Waals surface area contributed by atoms with Crippen LogP contribution in [0, 0.1) is 5.92 Å². The summed E-state index contributed by atoms with van der Waals surface area (Å²) in [5.41, 5.74) is 2.14. The quantitative estimate of drug-likeness (QED) is 0.468. The Morgan fingerprint density at radius 3 is 2.42 bits per heavy atom. The van der Waals surface area contributed by atoms with Gasteiger partial charge in [-0.15, -0.1) is 0 Å². The van der Waals surface area contributed by atoms with Crippen molar-refractivity contribution in [3.63, 3.8) is 0 Å². The summed E-state index contributed by atoms with van der Waals surface area (Å²) in [5.74, 6) is 1.24. The average molecular weight is 456 g/mol. The zero-order valence-electron chi connectivity index (χ0n) is 20.6. The van der Waals surface area contributed by atoms with Crippen LogP contribution in [0.3, 0.4) is 0 Å². The van der Waals surface area contributed by atoms with E-state index < -0.39 is 0 Å². The molecule has 3 N–H and O–H groups in total. The van der Waals surface area contributed by atoms with Crippen LogP contribution in [0.1, 0.15) is 57.5 Å². The summed E-state index contributed by atoms with van der Waals surface area (Å²) in [6.45, 7) is 13.4. The molecule has 2 amide bonds. The second kappa shape index (κ2) is 12.1. The topological polar surface area (TPSA) is 88.7 Å². The minimum atomic E-state index is -0.314. The van der Waals surface area contributed by atoms with E-state index in [9.17, 15) is 9.59 Å². The Balaban J connectivity index is 2.01. The molecule has 2 aromatic carbocycles. The lowest BCUT2D eigenvalue weighted by atomic mass is 10.1. The Bertz CT molecular complexity index is 935. The maximum absolute atomic E-state index is 12.3. The summed E-state index contributed by atoms with van der Waals surface area (Å²) in [4.78, 5) is 24.4. The fraction of sp³-hybridized carbons (Fsp3) is 0.462. The highest BCUT2D eigenvalue weighted by molar-refractivity contribution is 5.95. The summed E-state index contributed by atoms with van der Waals surface area (Å²) >= 11 is 0. The summed E-state index contributed by atoms with van der Waals surface area (Å²) in [7, 11) is 0. The van der Waals surface area contributed by atoms with Crippen molar-refractivity contribution in [3.05, 3.63) is 53.6 Å². The van der Waals surface area contributed by atoms with E-state index in [1.807, 2.05) is 64.1 Å². The predicted octanol–water partition coefficient (Wildman–Crippen LogP) is 4.38. The van der Waals surface area contributed by atoms with Gasteiger partial charge in [0, 0.05) is 29.9 Å². The van der Waals surface area contributed by atoms with Gasteiger partial charge in [0.1, 0.15) is 0 Å². The highest BCUT2D eigenvalue weighted by Crippen LogP contribution is 2.29. The lowest BCUT2D eigenvalue weighted by Gasteiger charge is -2.21. The van der Waals surface area contributed by atoms with E-state index in [0.717, 1.165) is 11.3 Å². The number of rotatable bonds is 11. The van der Waals surface area contributed by atoms with E-state index in [4.69, 9.17) is 9.47 Å². The SMILES string of the molecule is CCOc1cc(CNc2cccc(C(=O)NCC(C)C)c2)ccc1OCC(=O)NC(C)(C)C. The first-order valence-corrected chi connectivity index (χ1v) is 11.4. The molecule has 2 aromatic rings. The van der Waals surface area contributed by atoms with Gasteiger partial charge in [0.05, 0.1) is 6.61 Å².